The summed E-state index contributed by atoms with van der Waals surface area (Å²) in [6.45, 7) is 9.99. The van der Waals surface area contributed by atoms with Crippen LogP contribution in [-0.2, 0) is 4.79 Å². The molecule has 0 heterocycles. The zero-order valence-corrected chi connectivity index (χ0v) is 9.92. The molecular formula is C11H23NO2. The standard InChI is InChI=1S/C11H23NO2/c1-8(2)10(14)12-9(7-13)6-11(3,4)5/h8-9,13H,6-7H2,1-5H3,(H,12,14)/t9-/m1/s1. The smallest absolute Gasteiger partial charge is 0.222 e. The minimum absolute atomic E-state index is 0.00769. The number of hydrogen-bond acceptors (Lipinski definition) is 2. The van der Waals surface area contributed by atoms with Crippen LogP contribution in [-0.4, -0.2) is 23.7 Å². The monoisotopic (exact) mass is 201 g/mol. The van der Waals surface area contributed by atoms with Crippen molar-refractivity contribution in [1.29, 1.82) is 0 Å². The van der Waals surface area contributed by atoms with Crippen LogP contribution < -0.4 is 5.32 Å². The average molecular weight is 201 g/mol. The van der Waals surface area contributed by atoms with Gasteiger partial charge in [0.25, 0.3) is 0 Å². The molecule has 0 aliphatic carbocycles. The molecule has 3 heteroatoms. The molecule has 0 spiro atoms. The van der Waals surface area contributed by atoms with Crippen molar-refractivity contribution in [3.8, 4) is 0 Å². The second kappa shape index (κ2) is 5.35. The van der Waals surface area contributed by atoms with E-state index in [9.17, 15) is 4.79 Å². The molecule has 0 aromatic carbocycles. The highest BCUT2D eigenvalue weighted by Gasteiger charge is 2.20. The molecule has 0 unspecified atom stereocenters. The molecule has 0 rings (SSSR count). The van der Waals surface area contributed by atoms with Gasteiger partial charge in [0.1, 0.15) is 0 Å². The quantitative estimate of drug-likeness (QED) is 0.725. The zero-order valence-electron chi connectivity index (χ0n) is 9.92. The molecule has 0 saturated heterocycles. The van der Waals surface area contributed by atoms with Crippen LogP contribution >= 0.6 is 0 Å². The summed E-state index contributed by atoms with van der Waals surface area (Å²) in [5.74, 6) is -0.0164. The van der Waals surface area contributed by atoms with Gasteiger partial charge in [-0.25, -0.2) is 0 Å². The van der Waals surface area contributed by atoms with Gasteiger partial charge in [0.2, 0.25) is 5.91 Å². The van der Waals surface area contributed by atoms with Crippen molar-refractivity contribution in [3.05, 3.63) is 0 Å². The Morgan fingerprint density at radius 3 is 2.14 bits per heavy atom. The first-order valence-electron chi connectivity index (χ1n) is 5.17. The molecule has 3 nitrogen and oxygen atoms in total. The van der Waals surface area contributed by atoms with Gasteiger partial charge < -0.3 is 10.4 Å². The Kier molecular flexibility index (Phi) is 5.13. The number of carbonyl (C=O) groups is 1. The van der Waals surface area contributed by atoms with Crippen LogP contribution in [0.4, 0.5) is 0 Å². The Bertz CT molecular complexity index is 182. The van der Waals surface area contributed by atoms with Crippen molar-refractivity contribution in [2.24, 2.45) is 11.3 Å². The third kappa shape index (κ3) is 5.97. The van der Waals surface area contributed by atoms with Crippen LogP contribution in [0.2, 0.25) is 0 Å². The van der Waals surface area contributed by atoms with Crippen molar-refractivity contribution in [1.82, 2.24) is 5.32 Å². The SMILES string of the molecule is CC(C)C(=O)N[C@@H](CO)CC(C)(C)C. The molecule has 1 atom stereocenters. The number of nitrogens with one attached hydrogen (secondary N) is 1. The fourth-order valence-corrected chi connectivity index (χ4v) is 1.27. The molecule has 0 saturated carbocycles. The van der Waals surface area contributed by atoms with E-state index < -0.39 is 0 Å². The number of amides is 1. The maximum absolute atomic E-state index is 11.4. The maximum Gasteiger partial charge on any atom is 0.222 e. The van der Waals surface area contributed by atoms with E-state index in [4.69, 9.17) is 5.11 Å². The van der Waals surface area contributed by atoms with Crippen LogP contribution in [0, 0.1) is 11.3 Å². The highest BCUT2D eigenvalue weighted by Crippen LogP contribution is 2.20. The van der Waals surface area contributed by atoms with E-state index in [1.54, 1.807) is 0 Å². The number of hydrogen-bond donors (Lipinski definition) is 2. The molecule has 0 fully saturated rings. The van der Waals surface area contributed by atoms with Crippen molar-refractivity contribution < 1.29 is 9.90 Å². The van der Waals surface area contributed by atoms with E-state index in [-0.39, 0.29) is 29.9 Å². The van der Waals surface area contributed by atoms with Gasteiger partial charge in [0, 0.05) is 5.92 Å². The summed E-state index contributed by atoms with van der Waals surface area (Å²) in [7, 11) is 0. The minimum atomic E-state index is -0.120. The van der Waals surface area contributed by atoms with Crippen molar-refractivity contribution in [3.63, 3.8) is 0 Å². The number of aliphatic hydroxyl groups is 1. The van der Waals surface area contributed by atoms with Gasteiger partial charge >= 0.3 is 0 Å². The Balaban J connectivity index is 4.10. The fraction of sp³-hybridized carbons (Fsp3) is 0.909. The largest absolute Gasteiger partial charge is 0.394 e. The van der Waals surface area contributed by atoms with Gasteiger partial charge in [0.15, 0.2) is 0 Å². The molecule has 0 radical (unpaired) electrons. The molecule has 2 N–H and O–H groups in total. The van der Waals surface area contributed by atoms with Gasteiger partial charge in [-0.1, -0.05) is 34.6 Å². The van der Waals surface area contributed by atoms with Gasteiger partial charge in [-0.2, -0.15) is 0 Å². The lowest BCUT2D eigenvalue weighted by molar-refractivity contribution is -0.125. The van der Waals surface area contributed by atoms with E-state index >= 15 is 0 Å². The summed E-state index contributed by atoms with van der Waals surface area (Å²) in [4.78, 5) is 11.4. The Hall–Kier alpha value is -0.570. The van der Waals surface area contributed by atoms with E-state index in [0.717, 1.165) is 6.42 Å². The van der Waals surface area contributed by atoms with E-state index in [0.29, 0.717) is 0 Å². The summed E-state index contributed by atoms with van der Waals surface area (Å²) in [6.07, 6.45) is 0.794. The highest BCUT2D eigenvalue weighted by molar-refractivity contribution is 5.78. The Morgan fingerprint density at radius 1 is 1.36 bits per heavy atom. The first-order chi connectivity index (χ1) is 6.26. The van der Waals surface area contributed by atoms with Crippen molar-refractivity contribution >= 4 is 5.91 Å². The Labute approximate surface area is 86.9 Å². The molecule has 14 heavy (non-hydrogen) atoms. The first-order valence-corrected chi connectivity index (χ1v) is 5.17. The number of carbonyl (C=O) groups excluding carboxylic acids is 1. The summed E-state index contributed by atoms with van der Waals surface area (Å²) < 4.78 is 0. The van der Waals surface area contributed by atoms with Gasteiger partial charge in [-0.05, 0) is 11.8 Å². The van der Waals surface area contributed by atoms with Gasteiger partial charge in [-0.3, -0.25) is 4.79 Å². The molecule has 1 amide bonds. The molecule has 84 valence electrons. The van der Waals surface area contributed by atoms with Crippen molar-refractivity contribution in [2.45, 2.75) is 47.1 Å². The number of aliphatic hydroxyl groups excluding tert-OH is 1. The lowest BCUT2D eigenvalue weighted by Gasteiger charge is -2.26. The first kappa shape index (κ1) is 13.4. The molecule has 0 aliphatic heterocycles. The zero-order chi connectivity index (χ0) is 11.4. The summed E-state index contributed by atoms with van der Waals surface area (Å²) in [6, 6.07) is -0.120. The third-order valence-corrected chi connectivity index (χ3v) is 1.95. The molecule has 0 aromatic rings. The third-order valence-electron chi connectivity index (χ3n) is 1.95. The fourth-order valence-electron chi connectivity index (χ4n) is 1.27. The lowest BCUT2D eigenvalue weighted by Crippen LogP contribution is -2.41. The summed E-state index contributed by atoms with van der Waals surface area (Å²) in [5, 5.41) is 11.9. The second-order valence-electron chi connectivity index (χ2n) is 5.31. The minimum Gasteiger partial charge on any atom is -0.394 e. The molecule has 0 aliphatic rings. The van der Waals surface area contributed by atoms with Gasteiger partial charge in [0.05, 0.1) is 12.6 Å². The normalized spacial score (nSPS) is 14.2. The van der Waals surface area contributed by atoms with Crippen LogP contribution in [0.25, 0.3) is 0 Å². The Morgan fingerprint density at radius 2 is 1.86 bits per heavy atom. The van der Waals surface area contributed by atoms with Crippen molar-refractivity contribution in [2.75, 3.05) is 6.61 Å². The van der Waals surface area contributed by atoms with E-state index in [2.05, 4.69) is 26.1 Å². The predicted molar refractivity (Wildman–Crippen MR) is 57.9 cm³/mol. The van der Waals surface area contributed by atoms with Gasteiger partial charge in [-0.15, -0.1) is 0 Å². The molecule has 0 bridgehead atoms. The molecular weight excluding hydrogens is 178 g/mol. The summed E-state index contributed by atoms with van der Waals surface area (Å²) in [5.41, 5.74) is 0.123. The van der Waals surface area contributed by atoms with Crippen LogP contribution in [0.5, 0.6) is 0 Å². The van der Waals surface area contributed by atoms with Crippen LogP contribution in [0.15, 0.2) is 0 Å². The topological polar surface area (TPSA) is 49.3 Å². The van der Waals surface area contributed by atoms with Crippen LogP contribution in [0.1, 0.15) is 41.0 Å². The molecule has 0 aromatic heterocycles. The average Bonchev–Trinajstić information content (AvgIpc) is 2.00. The maximum atomic E-state index is 11.4. The highest BCUT2D eigenvalue weighted by atomic mass is 16.3. The van der Waals surface area contributed by atoms with E-state index in [1.165, 1.54) is 0 Å². The predicted octanol–water partition coefficient (Wildman–Crippen LogP) is 1.56. The lowest BCUT2D eigenvalue weighted by atomic mass is 9.88. The van der Waals surface area contributed by atoms with E-state index in [1.807, 2.05) is 13.8 Å². The number of rotatable bonds is 4. The summed E-state index contributed by atoms with van der Waals surface area (Å²) >= 11 is 0. The second-order valence-corrected chi connectivity index (χ2v) is 5.31. The van der Waals surface area contributed by atoms with Crippen LogP contribution in [0.3, 0.4) is 0 Å².